The number of benzene rings is 3. The molecule has 1 aliphatic rings. The van der Waals surface area contributed by atoms with Crippen molar-refractivity contribution < 1.29 is 27.5 Å². The van der Waals surface area contributed by atoms with E-state index in [0.29, 0.717) is 22.4 Å². The van der Waals surface area contributed by atoms with Crippen LogP contribution < -0.4 is 15.0 Å². The summed E-state index contributed by atoms with van der Waals surface area (Å²) in [6.07, 6.45) is 2.98. The molecule has 0 bridgehead atoms. The molecule has 0 saturated heterocycles. The highest BCUT2D eigenvalue weighted by Gasteiger charge is 2.36. The largest absolute Gasteiger partial charge is 0.497 e. The Morgan fingerprint density at radius 2 is 1.62 bits per heavy atom. The number of ether oxygens (including phenoxy) is 1. The maximum atomic E-state index is 13.6. The van der Waals surface area contributed by atoms with Crippen molar-refractivity contribution in [1.29, 1.82) is 0 Å². The smallest absolute Gasteiger partial charge is 0.266 e. The zero-order valence-corrected chi connectivity index (χ0v) is 21.6. The van der Waals surface area contributed by atoms with Gasteiger partial charge in [-0.1, -0.05) is 24.3 Å². The van der Waals surface area contributed by atoms with Crippen LogP contribution >= 0.6 is 0 Å². The second-order valence-corrected chi connectivity index (χ2v) is 10.9. The molecule has 3 amide bonds. The molecule has 1 atom stereocenters. The van der Waals surface area contributed by atoms with Crippen LogP contribution in [0.25, 0.3) is 0 Å². The van der Waals surface area contributed by atoms with E-state index < -0.39 is 32.8 Å². The zero-order chi connectivity index (χ0) is 27.6. The average Bonchev–Trinajstić information content (AvgIpc) is 3.23. The summed E-state index contributed by atoms with van der Waals surface area (Å²) in [6, 6.07) is 21.8. The number of aromatic nitrogens is 1. The van der Waals surface area contributed by atoms with Gasteiger partial charge in [0.15, 0.2) is 9.84 Å². The van der Waals surface area contributed by atoms with Crippen LogP contribution in [0.3, 0.4) is 0 Å². The van der Waals surface area contributed by atoms with Crippen LogP contribution in [0.1, 0.15) is 41.9 Å². The normalized spacial score (nSPS) is 13.6. The molecular weight excluding hydrogens is 518 g/mol. The molecule has 5 rings (SSSR count). The van der Waals surface area contributed by atoms with E-state index >= 15 is 0 Å². The Kier molecular flexibility index (Phi) is 6.95. The van der Waals surface area contributed by atoms with Gasteiger partial charge in [0.05, 0.1) is 28.8 Å². The molecule has 4 aromatic rings. The van der Waals surface area contributed by atoms with E-state index in [9.17, 15) is 22.8 Å². The molecule has 196 valence electrons. The summed E-state index contributed by atoms with van der Waals surface area (Å²) in [5.74, 6) is -1.00. The fourth-order valence-corrected chi connectivity index (χ4v) is 6.04. The minimum Gasteiger partial charge on any atom is -0.497 e. The van der Waals surface area contributed by atoms with Crippen LogP contribution in [0.5, 0.6) is 5.75 Å². The number of nitrogens with zero attached hydrogens (tertiary/aromatic N) is 2. The molecule has 10 heteroatoms. The van der Waals surface area contributed by atoms with Gasteiger partial charge in [-0.15, -0.1) is 0 Å². The first kappa shape index (κ1) is 25.8. The number of sulfone groups is 1. The summed E-state index contributed by atoms with van der Waals surface area (Å²) < 4.78 is 32.3. The minimum absolute atomic E-state index is 0.0685. The van der Waals surface area contributed by atoms with E-state index in [4.69, 9.17) is 4.74 Å². The molecule has 0 spiro atoms. The number of hydrogen-bond donors (Lipinski definition) is 1. The highest BCUT2D eigenvalue weighted by atomic mass is 32.2. The standard InChI is InChI=1S/C29H23N3O6S/c1-38-22-11-13-23(14-12-22)39(36,37)26(20-7-5-15-30-17-20)18-31-27(33)19-6-4-8-21(16-19)32-28(34)24-9-2-3-10-25(24)29(32)35/h2-17,26H,18H2,1H3,(H,31,33). The second kappa shape index (κ2) is 10.5. The molecule has 0 radical (unpaired) electrons. The molecule has 1 aromatic heterocycles. The topological polar surface area (TPSA) is 123 Å². The van der Waals surface area contributed by atoms with Crippen molar-refractivity contribution in [3.8, 4) is 5.75 Å². The van der Waals surface area contributed by atoms with Gasteiger partial charge in [0.2, 0.25) is 0 Å². The van der Waals surface area contributed by atoms with E-state index in [1.165, 1.54) is 43.8 Å². The third-order valence-corrected chi connectivity index (χ3v) is 8.54. The quantitative estimate of drug-likeness (QED) is 0.336. The Labute approximate surface area is 225 Å². The lowest BCUT2D eigenvalue weighted by molar-refractivity contribution is 0.0919. The first-order valence-corrected chi connectivity index (χ1v) is 13.5. The van der Waals surface area contributed by atoms with Crippen molar-refractivity contribution in [1.82, 2.24) is 10.3 Å². The predicted octanol–water partition coefficient (Wildman–Crippen LogP) is 3.84. The Hall–Kier alpha value is -4.83. The van der Waals surface area contributed by atoms with Gasteiger partial charge in [0.25, 0.3) is 17.7 Å². The molecule has 1 N–H and O–H groups in total. The highest BCUT2D eigenvalue weighted by Crippen LogP contribution is 2.31. The van der Waals surface area contributed by atoms with E-state index in [2.05, 4.69) is 10.3 Å². The van der Waals surface area contributed by atoms with Crippen molar-refractivity contribution >= 4 is 33.2 Å². The van der Waals surface area contributed by atoms with E-state index in [0.717, 1.165) is 4.90 Å². The summed E-state index contributed by atoms with van der Waals surface area (Å²) in [5.41, 5.74) is 1.40. The molecule has 39 heavy (non-hydrogen) atoms. The van der Waals surface area contributed by atoms with Crippen LogP contribution in [0.15, 0.2) is 102 Å². The van der Waals surface area contributed by atoms with Gasteiger partial charge < -0.3 is 10.1 Å². The number of rotatable bonds is 8. The summed E-state index contributed by atoms with van der Waals surface area (Å²) in [4.78, 5) is 44.0. The number of anilines is 1. The minimum atomic E-state index is -3.93. The van der Waals surface area contributed by atoms with E-state index in [1.807, 2.05) is 0 Å². The van der Waals surface area contributed by atoms with Crippen LogP contribution in [-0.2, 0) is 9.84 Å². The van der Waals surface area contributed by atoms with Gasteiger partial charge in [-0.2, -0.15) is 0 Å². The fraction of sp³-hybridized carbons (Fsp3) is 0.103. The third-order valence-electron chi connectivity index (χ3n) is 6.43. The number of amides is 3. The maximum Gasteiger partial charge on any atom is 0.266 e. The first-order valence-electron chi connectivity index (χ1n) is 11.9. The van der Waals surface area contributed by atoms with E-state index in [-0.39, 0.29) is 22.7 Å². The third kappa shape index (κ3) is 4.89. The van der Waals surface area contributed by atoms with Crippen molar-refractivity contribution in [2.75, 3.05) is 18.6 Å². The Bertz CT molecular complexity index is 1640. The highest BCUT2D eigenvalue weighted by molar-refractivity contribution is 7.91. The van der Waals surface area contributed by atoms with Crippen molar-refractivity contribution in [3.63, 3.8) is 0 Å². The summed E-state index contributed by atoms with van der Waals surface area (Å²) >= 11 is 0. The zero-order valence-electron chi connectivity index (χ0n) is 20.8. The number of pyridine rings is 1. The molecule has 0 fully saturated rings. The average molecular weight is 542 g/mol. The lowest BCUT2D eigenvalue weighted by Gasteiger charge is -2.19. The molecule has 9 nitrogen and oxygen atoms in total. The van der Waals surface area contributed by atoms with Gasteiger partial charge in [-0.3, -0.25) is 19.4 Å². The fourth-order valence-electron chi connectivity index (χ4n) is 4.40. The molecule has 1 aliphatic heterocycles. The Morgan fingerprint density at radius 1 is 0.923 bits per heavy atom. The second-order valence-electron chi connectivity index (χ2n) is 8.75. The Morgan fingerprint density at radius 3 is 2.23 bits per heavy atom. The number of carbonyl (C=O) groups is 3. The molecule has 0 aliphatic carbocycles. The lowest BCUT2D eigenvalue weighted by Crippen LogP contribution is -2.33. The number of nitrogens with one attached hydrogen (secondary N) is 1. The van der Waals surface area contributed by atoms with Crippen molar-refractivity contribution in [3.05, 3.63) is 120 Å². The molecule has 3 aromatic carbocycles. The number of methoxy groups -OCH3 is 1. The lowest BCUT2D eigenvalue weighted by atomic mass is 10.1. The van der Waals surface area contributed by atoms with Gasteiger partial charge in [0.1, 0.15) is 11.0 Å². The molecule has 1 unspecified atom stereocenters. The van der Waals surface area contributed by atoms with Crippen LogP contribution in [0.4, 0.5) is 5.69 Å². The molecular formula is C29H23N3O6S. The van der Waals surface area contributed by atoms with Gasteiger partial charge in [-0.05, 0) is 66.2 Å². The number of hydrogen-bond acceptors (Lipinski definition) is 7. The number of imide groups is 1. The van der Waals surface area contributed by atoms with Crippen molar-refractivity contribution in [2.45, 2.75) is 10.1 Å². The summed E-state index contributed by atoms with van der Waals surface area (Å²) in [7, 11) is -2.44. The van der Waals surface area contributed by atoms with E-state index in [1.54, 1.807) is 60.7 Å². The van der Waals surface area contributed by atoms with Gasteiger partial charge >= 0.3 is 0 Å². The van der Waals surface area contributed by atoms with Crippen LogP contribution in [-0.4, -0.2) is 44.8 Å². The monoisotopic (exact) mass is 541 g/mol. The summed E-state index contributed by atoms with van der Waals surface area (Å²) in [5, 5.41) is 1.57. The first-order chi connectivity index (χ1) is 18.8. The van der Waals surface area contributed by atoms with Crippen molar-refractivity contribution in [2.24, 2.45) is 0 Å². The number of carbonyl (C=O) groups excluding carboxylic acids is 3. The van der Waals surface area contributed by atoms with Crippen LogP contribution in [0.2, 0.25) is 0 Å². The van der Waals surface area contributed by atoms with Gasteiger partial charge in [-0.25, -0.2) is 13.3 Å². The van der Waals surface area contributed by atoms with Crippen LogP contribution in [0, 0.1) is 0 Å². The maximum absolute atomic E-state index is 13.6. The SMILES string of the molecule is COc1ccc(S(=O)(=O)C(CNC(=O)c2cccc(N3C(=O)c4ccccc4C3=O)c2)c2cccnc2)cc1. The molecule has 0 saturated carbocycles. The molecule has 2 heterocycles. The van der Waals surface area contributed by atoms with Gasteiger partial charge in [0, 0.05) is 24.5 Å². The predicted molar refractivity (Wildman–Crippen MR) is 144 cm³/mol. The number of fused-ring (bicyclic) bond motifs is 1. The Balaban J connectivity index is 1.39. The summed E-state index contributed by atoms with van der Waals surface area (Å²) in [6.45, 7) is -0.240.